The lowest BCUT2D eigenvalue weighted by atomic mass is 10.0. The third-order valence-electron chi connectivity index (χ3n) is 3.17. The number of benzene rings is 1. The molecule has 0 spiro atoms. The van der Waals surface area contributed by atoms with Gasteiger partial charge in [0, 0.05) is 16.3 Å². The quantitative estimate of drug-likeness (QED) is 0.665. The predicted octanol–water partition coefficient (Wildman–Crippen LogP) is 3.88. The van der Waals surface area contributed by atoms with Crippen LogP contribution in [0.2, 0.25) is 5.02 Å². The number of carboxylic acids is 1. The smallest absolute Gasteiger partial charge is 0.352 e. The van der Waals surface area contributed by atoms with Gasteiger partial charge in [0.15, 0.2) is 5.78 Å². The van der Waals surface area contributed by atoms with E-state index in [0.717, 1.165) is 5.56 Å². The van der Waals surface area contributed by atoms with Crippen LogP contribution < -0.4 is 0 Å². The number of halogens is 1. The van der Waals surface area contributed by atoms with E-state index in [1.54, 1.807) is 38.1 Å². The molecule has 0 atom stereocenters. The summed E-state index contributed by atoms with van der Waals surface area (Å²) in [6.07, 6.45) is 3.07. The fraction of sp³-hybridized carbons (Fsp3) is 0.125. The van der Waals surface area contributed by atoms with Crippen LogP contribution in [0.25, 0.3) is 6.08 Å². The molecule has 5 heteroatoms. The summed E-state index contributed by atoms with van der Waals surface area (Å²) in [7, 11) is 0. The third kappa shape index (κ3) is 3.23. The van der Waals surface area contributed by atoms with E-state index in [2.05, 4.69) is 4.98 Å². The lowest BCUT2D eigenvalue weighted by Gasteiger charge is -1.98. The zero-order valence-corrected chi connectivity index (χ0v) is 12.4. The molecule has 0 saturated carbocycles. The minimum absolute atomic E-state index is 0.0482. The number of aromatic nitrogens is 1. The molecule has 2 N–H and O–H groups in total. The molecule has 4 nitrogen and oxygen atoms in total. The summed E-state index contributed by atoms with van der Waals surface area (Å²) in [5.41, 5.74) is 2.24. The third-order valence-corrected chi connectivity index (χ3v) is 3.41. The first-order valence-electron chi connectivity index (χ1n) is 6.30. The number of carboxylic acid groups (broad SMARTS) is 1. The zero-order chi connectivity index (χ0) is 15.6. The predicted molar refractivity (Wildman–Crippen MR) is 82.0 cm³/mol. The van der Waals surface area contributed by atoms with Gasteiger partial charge >= 0.3 is 5.97 Å². The number of carbonyl (C=O) groups is 2. The van der Waals surface area contributed by atoms with E-state index in [1.807, 2.05) is 6.07 Å². The molecule has 108 valence electrons. The first kappa shape index (κ1) is 15.1. The van der Waals surface area contributed by atoms with Gasteiger partial charge in [-0.05, 0) is 43.2 Å². The van der Waals surface area contributed by atoms with Gasteiger partial charge in [-0.15, -0.1) is 0 Å². The molecule has 0 saturated heterocycles. The number of allylic oxidation sites excluding steroid dienone is 1. The van der Waals surface area contributed by atoms with E-state index in [9.17, 15) is 9.59 Å². The second kappa shape index (κ2) is 5.97. The van der Waals surface area contributed by atoms with E-state index < -0.39 is 5.97 Å². The minimum atomic E-state index is -1.08. The molecule has 2 rings (SSSR count). The Morgan fingerprint density at radius 1 is 1.29 bits per heavy atom. The number of hydrogen-bond acceptors (Lipinski definition) is 2. The van der Waals surface area contributed by atoms with Gasteiger partial charge in [0.1, 0.15) is 5.69 Å². The summed E-state index contributed by atoms with van der Waals surface area (Å²) >= 11 is 5.88. The van der Waals surface area contributed by atoms with Crippen molar-refractivity contribution in [2.45, 2.75) is 13.8 Å². The van der Waals surface area contributed by atoms with Crippen LogP contribution in [0.3, 0.4) is 0 Å². The molecule has 1 heterocycles. The number of hydrogen-bond donors (Lipinski definition) is 2. The van der Waals surface area contributed by atoms with Crippen LogP contribution in [0, 0.1) is 13.8 Å². The Hall–Kier alpha value is -2.33. The molecule has 0 radical (unpaired) electrons. The Labute approximate surface area is 127 Å². The topological polar surface area (TPSA) is 70.2 Å². The molecule has 1 aromatic carbocycles. The van der Waals surface area contributed by atoms with Crippen LogP contribution in [0.4, 0.5) is 0 Å². The standard InChI is InChI=1S/C16H14ClNO3/c1-9-14(10(2)18-15(9)16(20)21)13(19)7-6-11-4-3-5-12(17)8-11/h3-8,18H,1-2H3,(H,20,21)/b7-6+. The number of ketones is 1. The van der Waals surface area contributed by atoms with Gasteiger partial charge in [-0.2, -0.15) is 0 Å². The molecular weight excluding hydrogens is 290 g/mol. The van der Waals surface area contributed by atoms with E-state index in [-0.39, 0.29) is 11.5 Å². The van der Waals surface area contributed by atoms with Crippen LogP contribution in [-0.2, 0) is 0 Å². The maximum absolute atomic E-state index is 12.2. The van der Waals surface area contributed by atoms with Crippen molar-refractivity contribution in [1.29, 1.82) is 0 Å². The summed E-state index contributed by atoms with van der Waals surface area (Å²) in [5, 5.41) is 9.64. The molecule has 21 heavy (non-hydrogen) atoms. The van der Waals surface area contributed by atoms with Gasteiger partial charge in [-0.25, -0.2) is 4.79 Å². The molecule has 2 aromatic rings. The fourth-order valence-corrected chi connectivity index (χ4v) is 2.40. The summed E-state index contributed by atoms with van der Waals surface area (Å²) < 4.78 is 0. The number of carbonyl (C=O) groups excluding carboxylic acids is 1. The normalized spacial score (nSPS) is 11.0. The first-order chi connectivity index (χ1) is 9.90. The molecular formula is C16H14ClNO3. The van der Waals surface area contributed by atoms with Crippen LogP contribution in [0.1, 0.15) is 37.7 Å². The van der Waals surface area contributed by atoms with E-state index in [0.29, 0.717) is 21.8 Å². The van der Waals surface area contributed by atoms with Gasteiger partial charge in [-0.3, -0.25) is 4.79 Å². The number of nitrogens with one attached hydrogen (secondary N) is 1. The molecule has 0 amide bonds. The monoisotopic (exact) mass is 303 g/mol. The average Bonchev–Trinajstić information content (AvgIpc) is 2.72. The van der Waals surface area contributed by atoms with Crippen molar-refractivity contribution < 1.29 is 14.7 Å². The summed E-state index contributed by atoms with van der Waals surface area (Å²) in [4.78, 5) is 26.0. The fourth-order valence-electron chi connectivity index (χ4n) is 2.20. The van der Waals surface area contributed by atoms with Crippen molar-refractivity contribution >= 4 is 29.4 Å². The second-order valence-corrected chi connectivity index (χ2v) is 5.12. The highest BCUT2D eigenvalue weighted by atomic mass is 35.5. The molecule has 0 fully saturated rings. The van der Waals surface area contributed by atoms with Crippen LogP contribution in [0.15, 0.2) is 30.3 Å². The lowest BCUT2D eigenvalue weighted by Crippen LogP contribution is -2.01. The molecule has 1 aromatic heterocycles. The highest BCUT2D eigenvalue weighted by molar-refractivity contribution is 6.30. The number of H-pyrrole nitrogens is 1. The number of rotatable bonds is 4. The molecule has 0 aliphatic heterocycles. The number of aromatic carboxylic acids is 1. The summed E-state index contributed by atoms with van der Waals surface area (Å²) in [6, 6.07) is 7.11. The summed E-state index contributed by atoms with van der Waals surface area (Å²) in [6.45, 7) is 3.30. The Morgan fingerprint density at radius 2 is 2.00 bits per heavy atom. The van der Waals surface area contributed by atoms with Crippen molar-refractivity contribution in [3.05, 3.63) is 63.4 Å². The Morgan fingerprint density at radius 3 is 2.57 bits per heavy atom. The van der Waals surface area contributed by atoms with Crippen LogP contribution >= 0.6 is 11.6 Å². The average molecular weight is 304 g/mol. The lowest BCUT2D eigenvalue weighted by molar-refractivity contribution is 0.0690. The molecule has 0 unspecified atom stereocenters. The molecule has 0 aliphatic rings. The van der Waals surface area contributed by atoms with Gasteiger partial charge in [0.2, 0.25) is 0 Å². The highest BCUT2D eigenvalue weighted by Gasteiger charge is 2.19. The molecule has 0 bridgehead atoms. The van der Waals surface area contributed by atoms with E-state index >= 15 is 0 Å². The van der Waals surface area contributed by atoms with Gasteiger partial charge < -0.3 is 10.1 Å². The Balaban J connectivity index is 2.31. The van der Waals surface area contributed by atoms with Crippen molar-refractivity contribution in [2.75, 3.05) is 0 Å². The largest absolute Gasteiger partial charge is 0.477 e. The van der Waals surface area contributed by atoms with Crippen molar-refractivity contribution in [3.8, 4) is 0 Å². The van der Waals surface area contributed by atoms with Crippen LogP contribution in [-0.4, -0.2) is 21.8 Å². The SMILES string of the molecule is Cc1[nH]c(C(=O)O)c(C)c1C(=O)/C=C/c1cccc(Cl)c1. The van der Waals surface area contributed by atoms with E-state index in [4.69, 9.17) is 16.7 Å². The second-order valence-electron chi connectivity index (χ2n) is 4.68. The zero-order valence-electron chi connectivity index (χ0n) is 11.6. The van der Waals surface area contributed by atoms with Gasteiger partial charge in [0.05, 0.1) is 0 Å². The number of aromatic amines is 1. The maximum atomic E-state index is 12.2. The van der Waals surface area contributed by atoms with Gasteiger partial charge in [0.25, 0.3) is 0 Å². The Bertz CT molecular complexity index is 744. The minimum Gasteiger partial charge on any atom is -0.477 e. The van der Waals surface area contributed by atoms with E-state index in [1.165, 1.54) is 6.08 Å². The maximum Gasteiger partial charge on any atom is 0.352 e. The summed E-state index contributed by atoms with van der Waals surface area (Å²) in [5.74, 6) is -1.32. The van der Waals surface area contributed by atoms with Crippen molar-refractivity contribution in [3.63, 3.8) is 0 Å². The van der Waals surface area contributed by atoms with Crippen molar-refractivity contribution in [1.82, 2.24) is 4.98 Å². The van der Waals surface area contributed by atoms with Gasteiger partial charge in [-0.1, -0.05) is 29.8 Å². The van der Waals surface area contributed by atoms with Crippen molar-refractivity contribution in [2.24, 2.45) is 0 Å². The first-order valence-corrected chi connectivity index (χ1v) is 6.68. The molecule has 0 aliphatic carbocycles. The Kier molecular flexibility index (Phi) is 4.29. The number of aryl methyl sites for hydroxylation is 1. The van der Waals surface area contributed by atoms with Crippen LogP contribution in [0.5, 0.6) is 0 Å². The highest BCUT2D eigenvalue weighted by Crippen LogP contribution is 2.20.